The molecule has 2 rings (SSSR count). The van der Waals surface area contributed by atoms with Gasteiger partial charge in [-0.2, -0.15) is 0 Å². The summed E-state index contributed by atoms with van der Waals surface area (Å²) in [6, 6.07) is 14.2. The highest BCUT2D eigenvalue weighted by molar-refractivity contribution is 7.88. The number of halogens is 1. The second-order valence-corrected chi connectivity index (χ2v) is 8.25. The molecule has 1 amide bonds. The Morgan fingerprint density at radius 3 is 2.22 bits per heavy atom. The second kappa shape index (κ2) is 10.3. The molecular weight excluding hydrogens is 386 g/mol. The van der Waals surface area contributed by atoms with Gasteiger partial charge in [0.25, 0.3) is 0 Å². The molecule has 0 bridgehead atoms. The zero-order valence-corrected chi connectivity index (χ0v) is 17.1. The van der Waals surface area contributed by atoms with Crippen molar-refractivity contribution in [2.24, 2.45) is 0 Å². The molecule has 6 nitrogen and oxygen atoms in total. The summed E-state index contributed by atoms with van der Waals surface area (Å²) in [6.07, 6.45) is 0.246. The van der Waals surface area contributed by atoms with Gasteiger partial charge in [-0.1, -0.05) is 36.4 Å². The number of nitrogens with one attached hydrogen (secondary N) is 2. The van der Waals surface area contributed by atoms with Crippen LogP contribution in [0.1, 0.15) is 30.5 Å². The minimum Gasteiger partial charge on any atom is -0.399 e. The maximum atomic E-state index is 12.2. The predicted molar refractivity (Wildman–Crippen MR) is 111 cm³/mol. The SMILES string of the molecule is CC(C)NS(=O)(=O)Cc1ccccc1CNC(=O)Cc1ccc(N)cc1.Cl. The van der Waals surface area contributed by atoms with E-state index in [0.717, 1.165) is 11.1 Å². The zero-order chi connectivity index (χ0) is 19.2. The van der Waals surface area contributed by atoms with Gasteiger partial charge >= 0.3 is 0 Å². The average molecular weight is 412 g/mol. The van der Waals surface area contributed by atoms with Gasteiger partial charge in [-0.25, -0.2) is 13.1 Å². The molecule has 0 aliphatic heterocycles. The Bertz CT molecular complexity index is 853. The molecule has 0 aliphatic carbocycles. The van der Waals surface area contributed by atoms with Gasteiger partial charge in [0.1, 0.15) is 0 Å². The molecule has 0 saturated heterocycles. The van der Waals surface area contributed by atoms with E-state index in [1.807, 2.05) is 24.3 Å². The Hall–Kier alpha value is -2.09. The van der Waals surface area contributed by atoms with E-state index < -0.39 is 10.0 Å². The highest BCUT2D eigenvalue weighted by Crippen LogP contribution is 2.13. The van der Waals surface area contributed by atoms with Gasteiger partial charge in [-0.15, -0.1) is 12.4 Å². The molecule has 4 N–H and O–H groups in total. The number of carbonyl (C=O) groups excluding carboxylic acids is 1. The number of hydrogen-bond acceptors (Lipinski definition) is 4. The summed E-state index contributed by atoms with van der Waals surface area (Å²) in [5, 5.41) is 2.84. The lowest BCUT2D eigenvalue weighted by atomic mass is 10.1. The van der Waals surface area contributed by atoms with Gasteiger partial charge in [0, 0.05) is 18.3 Å². The van der Waals surface area contributed by atoms with Crippen LogP contribution in [0.3, 0.4) is 0 Å². The number of amides is 1. The van der Waals surface area contributed by atoms with Crippen molar-refractivity contribution in [2.75, 3.05) is 5.73 Å². The molecule has 8 heteroatoms. The van der Waals surface area contributed by atoms with E-state index in [0.29, 0.717) is 11.3 Å². The van der Waals surface area contributed by atoms with E-state index in [9.17, 15) is 13.2 Å². The third-order valence-electron chi connectivity index (χ3n) is 3.70. The quantitative estimate of drug-likeness (QED) is 0.580. The molecule has 0 aromatic heterocycles. The molecule has 0 spiro atoms. The molecular formula is C19H26ClN3O3S. The molecule has 2 aromatic carbocycles. The number of nitrogen functional groups attached to an aromatic ring is 1. The highest BCUT2D eigenvalue weighted by atomic mass is 35.5. The van der Waals surface area contributed by atoms with E-state index in [4.69, 9.17) is 5.73 Å². The molecule has 0 atom stereocenters. The minimum absolute atomic E-state index is 0. The Morgan fingerprint density at radius 2 is 1.63 bits per heavy atom. The molecule has 0 fully saturated rings. The van der Waals surface area contributed by atoms with E-state index in [2.05, 4.69) is 10.0 Å². The largest absolute Gasteiger partial charge is 0.399 e. The van der Waals surface area contributed by atoms with Crippen molar-refractivity contribution in [1.29, 1.82) is 0 Å². The molecule has 2 aromatic rings. The lowest BCUT2D eigenvalue weighted by Crippen LogP contribution is -2.32. The first-order valence-electron chi connectivity index (χ1n) is 8.43. The average Bonchev–Trinajstić information content (AvgIpc) is 2.54. The number of rotatable bonds is 8. The first kappa shape index (κ1) is 23.0. The molecule has 0 radical (unpaired) electrons. The molecule has 0 heterocycles. The standard InChI is InChI=1S/C19H25N3O3S.ClH/c1-14(2)22-26(24,25)13-17-6-4-3-5-16(17)12-21-19(23)11-15-7-9-18(20)10-8-15;/h3-10,14,22H,11-13,20H2,1-2H3,(H,21,23);1H. The van der Waals surface area contributed by atoms with Crippen LogP contribution in [0.15, 0.2) is 48.5 Å². The second-order valence-electron chi connectivity index (χ2n) is 6.50. The normalized spacial score (nSPS) is 11.1. The van der Waals surface area contributed by atoms with Crippen molar-refractivity contribution < 1.29 is 13.2 Å². The summed E-state index contributed by atoms with van der Waals surface area (Å²) in [5.74, 6) is -0.248. The molecule has 0 unspecified atom stereocenters. The molecule has 0 saturated carbocycles. The van der Waals surface area contributed by atoms with Crippen LogP contribution in [0.4, 0.5) is 5.69 Å². The summed E-state index contributed by atoms with van der Waals surface area (Å²) in [7, 11) is -3.42. The maximum Gasteiger partial charge on any atom is 0.224 e. The van der Waals surface area contributed by atoms with Crippen LogP contribution in [-0.4, -0.2) is 20.4 Å². The molecule has 148 valence electrons. The van der Waals surface area contributed by atoms with Crippen LogP contribution < -0.4 is 15.8 Å². The van der Waals surface area contributed by atoms with E-state index in [-0.39, 0.29) is 43.1 Å². The number of sulfonamides is 1. The van der Waals surface area contributed by atoms with Gasteiger partial charge in [0.15, 0.2) is 0 Å². The Kier molecular flexibility index (Phi) is 8.75. The van der Waals surface area contributed by atoms with Crippen molar-refractivity contribution in [2.45, 2.75) is 38.6 Å². The summed E-state index contributed by atoms with van der Waals surface area (Å²) >= 11 is 0. The van der Waals surface area contributed by atoms with Crippen molar-refractivity contribution in [3.05, 3.63) is 65.2 Å². The smallest absolute Gasteiger partial charge is 0.224 e. The molecule has 0 aliphatic rings. The third kappa shape index (κ3) is 7.99. The first-order valence-corrected chi connectivity index (χ1v) is 10.1. The van der Waals surface area contributed by atoms with Crippen molar-refractivity contribution in [3.63, 3.8) is 0 Å². The zero-order valence-electron chi connectivity index (χ0n) is 15.4. The lowest BCUT2D eigenvalue weighted by molar-refractivity contribution is -0.120. The van der Waals surface area contributed by atoms with E-state index >= 15 is 0 Å². The van der Waals surface area contributed by atoms with Crippen molar-refractivity contribution in [1.82, 2.24) is 10.0 Å². The topological polar surface area (TPSA) is 101 Å². The van der Waals surface area contributed by atoms with Gasteiger partial charge in [-0.05, 0) is 42.7 Å². The summed E-state index contributed by atoms with van der Waals surface area (Å²) in [6.45, 7) is 3.84. The van der Waals surface area contributed by atoms with Crippen LogP contribution in [0.2, 0.25) is 0 Å². The van der Waals surface area contributed by atoms with Crippen LogP contribution >= 0.6 is 12.4 Å². The number of benzene rings is 2. The summed E-state index contributed by atoms with van der Waals surface area (Å²) < 4.78 is 26.9. The van der Waals surface area contributed by atoms with Crippen molar-refractivity contribution in [3.8, 4) is 0 Å². The number of nitrogens with two attached hydrogens (primary N) is 1. The number of carbonyl (C=O) groups is 1. The Balaban J connectivity index is 0.00000364. The number of hydrogen-bond donors (Lipinski definition) is 3. The van der Waals surface area contributed by atoms with Crippen LogP contribution in [0.5, 0.6) is 0 Å². The number of anilines is 1. The fourth-order valence-corrected chi connectivity index (χ4v) is 4.05. The van der Waals surface area contributed by atoms with Gasteiger partial charge < -0.3 is 11.1 Å². The van der Waals surface area contributed by atoms with Crippen LogP contribution in [0, 0.1) is 0 Å². The fraction of sp³-hybridized carbons (Fsp3) is 0.316. The highest BCUT2D eigenvalue weighted by Gasteiger charge is 2.15. The maximum absolute atomic E-state index is 12.2. The third-order valence-corrected chi connectivity index (χ3v) is 5.22. The lowest BCUT2D eigenvalue weighted by Gasteiger charge is -2.13. The van der Waals surface area contributed by atoms with E-state index in [1.165, 1.54) is 0 Å². The predicted octanol–water partition coefficient (Wildman–Crippen LogP) is 2.38. The van der Waals surface area contributed by atoms with Gasteiger partial charge in [-0.3, -0.25) is 4.79 Å². The summed E-state index contributed by atoms with van der Waals surface area (Å²) in [4.78, 5) is 12.1. The summed E-state index contributed by atoms with van der Waals surface area (Å²) in [5.41, 5.74) is 8.61. The first-order chi connectivity index (χ1) is 12.2. The van der Waals surface area contributed by atoms with Crippen LogP contribution in [-0.2, 0) is 33.5 Å². The Morgan fingerprint density at radius 1 is 1.04 bits per heavy atom. The van der Waals surface area contributed by atoms with Crippen LogP contribution in [0.25, 0.3) is 0 Å². The van der Waals surface area contributed by atoms with Gasteiger partial charge in [0.05, 0.1) is 12.2 Å². The molecule has 27 heavy (non-hydrogen) atoms. The Labute approximate surface area is 167 Å². The minimum atomic E-state index is -3.42. The van der Waals surface area contributed by atoms with E-state index in [1.54, 1.807) is 38.1 Å². The van der Waals surface area contributed by atoms with Gasteiger partial charge in [0.2, 0.25) is 15.9 Å². The monoisotopic (exact) mass is 411 g/mol. The fourth-order valence-electron chi connectivity index (χ4n) is 2.55. The van der Waals surface area contributed by atoms with Crippen molar-refractivity contribution >= 4 is 34.0 Å².